The molecule has 0 bridgehead atoms. The van der Waals surface area contributed by atoms with Gasteiger partial charge in [-0.25, -0.2) is 0 Å². The lowest BCUT2D eigenvalue weighted by molar-refractivity contribution is -0.144. The molecule has 250 valence electrons. The normalized spacial score (nSPS) is 11.6. The molecule has 0 saturated heterocycles. The van der Waals surface area contributed by atoms with Crippen LogP contribution in [0.1, 0.15) is 213 Å². The van der Waals surface area contributed by atoms with E-state index in [1.165, 1.54) is 167 Å². The molecule has 0 aliphatic heterocycles. The number of esters is 1. The van der Waals surface area contributed by atoms with Crippen molar-refractivity contribution in [1.82, 2.24) is 0 Å². The fourth-order valence-electron chi connectivity index (χ4n) is 5.61. The molecule has 0 fully saturated rings. The van der Waals surface area contributed by atoms with E-state index in [-0.39, 0.29) is 5.97 Å². The van der Waals surface area contributed by atoms with Gasteiger partial charge in [-0.05, 0) is 38.5 Å². The zero-order valence-electron chi connectivity index (χ0n) is 28.9. The maximum Gasteiger partial charge on any atom is 0.305 e. The van der Waals surface area contributed by atoms with E-state index in [9.17, 15) is 4.79 Å². The molecule has 0 saturated carbocycles. The first-order chi connectivity index (χ1) is 20.8. The first-order valence-electron chi connectivity index (χ1n) is 19.2. The third-order valence-corrected chi connectivity index (χ3v) is 8.48. The molecular weight excluding hydrogens is 516 g/mol. The standard InChI is InChI=1S/C39H76O3/c1-3-5-7-9-11-13-15-17-19-21-23-25-27-29-31-33-36-41-37-34-38-42-39(40)35-32-30-28-26-24-22-20-18-16-14-12-10-8-6-4-2/h18,20H,3-17,19,21-38H2,1-2H3/b20-18+. The summed E-state index contributed by atoms with van der Waals surface area (Å²) in [6.07, 6.45) is 45.1. The van der Waals surface area contributed by atoms with E-state index in [1.54, 1.807) is 0 Å². The average molecular weight is 593 g/mol. The minimum Gasteiger partial charge on any atom is -0.466 e. The zero-order chi connectivity index (χ0) is 30.4. The van der Waals surface area contributed by atoms with E-state index in [1.807, 2.05) is 0 Å². The second-order valence-corrected chi connectivity index (χ2v) is 12.8. The number of hydrogen-bond donors (Lipinski definition) is 0. The van der Waals surface area contributed by atoms with Crippen LogP contribution in [-0.2, 0) is 14.3 Å². The van der Waals surface area contributed by atoms with Crippen LogP contribution in [0.4, 0.5) is 0 Å². The summed E-state index contributed by atoms with van der Waals surface area (Å²) in [5.74, 6) is -0.0366. The van der Waals surface area contributed by atoms with Crippen LogP contribution in [0.5, 0.6) is 0 Å². The highest BCUT2D eigenvalue weighted by Crippen LogP contribution is 2.14. The van der Waals surface area contributed by atoms with Crippen LogP contribution in [0.15, 0.2) is 12.2 Å². The van der Waals surface area contributed by atoms with Gasteiger partial charge in [-0.1, -0.05) is 174 Å². The van der Waals surface area contributed by atoms with Crippen LogP contribution in [-0.4, -0.2) is 25.8 Å². The Morgan fingerprint density at radius 2 is 0.762 bits per heavy atom. The fraction of sp³-hybridized carbons (Fsp3) is 0.923. The van der Waals surface area contributed by atoms with Gasteiger partial charge >= 0.3 is 5.97 Å². The quantitative estimate of drug-likeness (QED) is 0.0412. The second kappa shape index (κ2) is 38.2. The predicted octanol–water partition coefficient (Wildman–Crippen LogP) is 13.2. The van der Waals surface area contributed by atoms with E-state index in [2.05, 4.69) is 26.0 Å². The molecule has 0 N–H and O–H groups in total. The predicted molar refractivity (Wildman–Crippen MR) is 185 cm³/mol. The topological polar surface area (TPSA) is 35.5 Å². The fourth-order valence-corrected chi connectivity index (χ4v) is 5.61. The molecule has 0 aromatic heterocycles. The Balaban J connectivity index is 3.17. The summed E-state index contributed by atoms with van der Waals surface area (Å²) < 4.78 is 11.1. The molecule has 0 aliphatic carbocycles. The third-order valence-electron chi connectivity index (χ3n) is 8.48. The number of carbonyl (C=O) groups is 1. The summed E-state index contributed by atoms with van der Waals surface area (Å²) in [5.41, 5.74) is 0. The van der Waals surface area contributed by atoms with Gasteiger partial charge in [-0.2, -0.15) is 0 Å². The van der Waals surface area contributed by atoms with Crippen molar-refractivity contribution in [2.75, 3.05) is 19.8 Å². The first-order valence-corrected chi connectivity index (χ1v) is 19.2. The summed E-state index contributed by atoms with van der Waals surface area (Å²) in [4.78, 5) is 11.9. The molecule has 0 heterocycles. The van der Waals surface area contributed by atoms with Gasteiger partial charge in [0.25, 0.3) is 0 Å². The van der Waals surface area contributed by atoms with E-state index in [0.717, 1.165) is 32.3 Å². The molecule has 0 rings (SSSR count). The van der Waals surface area contributed by atoms with Gasteiger partial charge in [0.15, 0.2) is 0 Å². The Bertz CT molecular complexity index is 530. The van der Waals surface area contributed by atoms with Crippen molar-refractivity contribution in [3.05, 3.63) is 12.2 Å². The van der Waals surface area contributed by atoms with Crippen molar-refractivity contribution >= 4 is 5.97 Å². The Labute approximate surface area is 264 Å². The van der Waals surface area contributed by atoms with Gasteiger partial charge in [0, 0.05) is 26.1 Å². The maximum atomic E-state index is 11.9. The van der Waals surface area contributed by atoms with Gasteiger partial charge in [-0.3, -0.25) is 4.79 Å². The number of ether oxygens (including phenoxy) is 2. The van der Waals surface area contributed by atoms with Gasteiger partial charge < -0.3 is 9.47 Å². The van der Waals surface area contributed by atoms with E-state index in [4.69, 9.17) is 9.47 Å². The highest BCUT2D eigenvalue weighted by atomic mass is 16.5. The summed E-state index contributed by atoms with van der Waals surface area (Å²) in [6, 6.07) is 0. The lowest BCUT2D eigenvalue weighted by Crippen LogP contribution is -2.08. The van der Waals surface area contributed by atoms with Gasteiger partial charge in [0.2, 0.25) is 0 Å². The highest BCUT2D eigenvalue weighted by molar-refractivity contribution is 5.69. The summed E-state index contributed by atoms with van der Waals surface area (Å²) in [5, 5.41) is 0. The summed E-state index contributed by atoms with van der Waals surface area (Å²) in [6.45, 7) is 6.63. The number of hydrogen-bond acceptors (Lipinski definition) is 3. The molecular formula is C39H76O3. The second-order valence-electron chi connectivity index (χ2n) is 12.8. The lowest BCUT2D eigenvalue weighted by Gasteiger charge is -2.06. The molecule has 0 aromatic rings. The van der Waals surface area contributed by atoms with Crippen molar-refractivity contribution in [3.8, 4) is 0 Å². The van der Waals surface area contributed by atoms with Crippen molar-refractivity contribution in [1.29, 1.82) is 0 Å². The van der Waals surface area contributed by atoms with Crippen LogP contribution < -0.4 is 0 Å². The SMILES string of the molecule is CCCCCCCC/C=C/CCCCCCCC(=O)OCCCOCCCCCCCCCCCCCCCCCC. The maximum absolute atomic E-state index is 11.9. The Morgan fingerprint density at radius 3 is 1.21 bits per heavy atom. The summed E-state index contributed by atoms with van der Waals surface area (Å²) >= 11 is 0. The van der Waals surface area contributed by atoms with E-state index < -0.39 is 0 Å². The van der Waals surface area contributed by atoms with Crippen LogP contribution >= 0.6 is 0 Å². The van der Waals surface area contributed by atoms with E-state index in [0.29, 0.717) is 19.6 Å². The Kier molecular flexibility index (Phi) is 37.4. The highest BCUT2D eigenvalue weighted by Gasteiger charge is 2.02. The van der Waals surface area contributed by atoms with Crippen molar-refractivity contribution in [2.24, 2.45) is 0 Å². The van der Waals surface area contributed by atoms with Crippen LogP contribution in [0.3, 0.4) is 0 Å². The monoisotopic (exact) mass is 593 g/mol. The van der Waals surface area contributed by atoms with E-state index >= 15 is 0 Å². The van der Waals surface area contributed by atoms with Crippen LogP contribution in [0, 0.1) is 0 Å². The van der Waals surface area contributed by atoms with Crippen LogP contribution in [0.2, 0.25) is 0 Å². The van der Waals surface area contributed by atoms with Crippen LogP contribution in [0.25, 0.3) is 0 Å². The largest absolute Gasteiger partial charge is 0.466 e. The van der Waals surface area contributed by atoms with Gasteiger partial charge in [-0.15, -0.1) is 0 Å². The third kappa shape index (κ3) is 37.2. The smallest absolute Gasteiger partial charge is 0.305 e. The molecule has 0 spiro atoms. The van der Waals surface area contributed by atoms with Gasteiger partial charge in [0.1, 0.15) is 0 Å². The Hall–Kier alpha value is -0.830. The minimum absolute atomic E-state index is 0.0366. The van der Waals surface area contributed by atoms with Gasteiger partial charge in [0.05, 0.1) is 6.61 Å². The number of rotatable bonds is 36. The van der Waals surface area contributed by atoms with Crippen molar-refractivity contribution < 1.29 is 14.3 Å². The number of unbranched alkanes of at least 4 members (excludes halogenated alkanes) is 26. The number of carbonyl (C=O) groups excluding carboxylic acids is 1. The molecule has 0 unspecified atom stereocenters. The van der Waals surface area contributed by atoms with Crippen molar-refractivity contribution in [2.45, 2.75) is 213 Å². The lowest BCUT2D eigenvalue weighted by atomic mass is 10.0. The Morgan fingerprint density at radius 1 is 0.405 bits per heavy atom. The molecule has 0 radical (unpaired) electrons. The molecule has 3 nitrogen and oxygen atoms in total. The molecule has 0 aliphatic rings. The molecule has 0 aromatic carbocycles. The minimum atomic E-state index is -0.0366. The zero-order valence-corrected chi connectivity index (χ0v) is 28.9. The first kappa shape index (κ1) is 41.2. The molecule has 42 heavy (non-hydrogen) atoms. The summed E-state index contributed by atoms with van der Waals surface area (Å²) in [7, 11) is 0. The van der Waals surface area contributed by atoms with Crippen molar-refractivity contribution in [3.63, 3.8) is 0 Å². The molecule has 0 amide bonds. The molecule has 0 atom stereocenters. The average Bonchev–Trinajstić information content (AvgIpc) is 3.00. The number of allylic oxidation sites excluding steroid dienone is 2. The molecule has 3 heteroatoms.